The van der Waals surface area contributed by atoms with E-state index < -0.39 is 71.4 Å². The molecule has 0 aromatic heterocycles. The number of carbonyl (C=O) groups is 1. The second kappa shape index (κ2) is 16.7. The molecule has 1 unspecified atom stereocenters. The lowest BCUT2D eigenvalue weighted by Gasteiger charge is -2.50. The molecule has 0 aromatic rings. The molecule has 0 aliphatic carbocycles. The number of carbonyl (C=O) groups excluding carboxylic acids is 1. The summed E-state index contributed by atoms with van der Waals surface area (Å²) in [6.07, 6.45) is -3.92. The lowest BCUT2D eigenvalue weighted by atomic mass is 9.70. The molecule has 2 rings (SSSR count). The zero-order chi connectivity index (χ0) is 35.4. The summed E-state index contributed by atoms with van der Waals surface area (Å²) < 4.78 is 18.6. The minimum atomic E-state index is -1.79. The highest BCUT2D eigenvalue weighted by molar-refractivity contribution is 5.74. The van der Waals surface area contributed by atoms with Gasteiger partial charge in [0.25, 0.3) is 0 Å². The number of hydrogen-bond donors (Lipinski definition) is 6. The monoisotopic (exact) mass is 661 g/mol. The van der Waals surface area contributed by atoms with E-state index in [1.807, 2.05) is 51.7 Å². The van der Waals surface area contributed by atoms with Gasteiger partial charge in [0.05, 0.1) is 29.3 Å². The van der Waals surface area contributed by atoms with Crippen LogP contribution in [0.5, 0.6) is 0 Å². The largest absolute Gasteiger partial charge is 0.459 e. The van der Waals surface area contributed by atoms with Crippen LogP contribution in [0.15, 0.2) is 0 Å². The molecule has 6 N–H and O–H groups in total. The number of aliphatic hydroxyl groups excluding tert-OH is 2. The number of nitrogens with one attached hydrogen (secondary N) is 1. The van der Waals surface area contributed by atoms with E-state index >= 15 is 0 Å². The average Bonchev–Trinajstić information content (AvgIpc) is 2.96. The molecule has 0 bridgehead atoms. The smallest absolute Gasteiger partial charge is 0.312 e. The summed E-state index contributed by atoms with van der Waals surface area (Å²) in [4.78, 5) is 17.8. The summed E-state index contributed by atoms with van der Waals surface area (Å²) in [7, 11) is 5.63. The van der Waals surface area contributed by atoms with E-state index in [1.54, 1.807) is 34.6 Å². The quantitative estimate of drug-likeness (QED) is 0.207. The van der Waals surface area contributed by atoms with Crippen molar-refractivity contribution in [1.29, 1.82) is 0 Å². The molecule has 0 aromatic carbocycles. The molecule has 2 aliphatic heterocycles. The van der Waals surface area contributed by atoms with Crippen molar-refractivity contribution in [2.24, 2.45) is 17.8 Å². The highest BCUT2D eigenvalue weighted by Crippen LogP contribution is 2.40. The van der Waals surface area contributed by atoms with Gasteiger partial charge in [-0.3, -0.25) is 4.79 Å². The Morgan fingerprint density at radius 1 is 1.02 bits per heavy atom. The number of likely N-dealkylation sites (N-methyl/N-ethyl adjacent to an activating group) is 2. The van der Waals surface area contributed by atoms with E-state index in [9.17, 15) is 30.3 Å². The fraction of sp³-hybridized carbons (Fsp3) is 0.971. The van der Waals surface area contributed by atoms with Crippen molar-refractivity contribution in [2.75, 3.05) is 40.8 Å². The zero-order valence-electron chi connectivity index (χ0n) is 30.6. The van der Waals surface area contributed by atoms with Crippen LogP contribution >= 0.6 is 0 Å². The second-order valence-electron chi connectivity index (χ2n) is 15.2. The Kier molecular flexibility index (Phi) is 14.9. The van der Waals surface area contributed by atoms with Crippen LogP contribution in [0, 0.1) is 17.8 Å². The number of hydrogen-bond acceptors (Lipinski definition) is 12. The first kappa shape index (κ1) is 41.2. The third-order valence-electron chi connectivity index (χ3n) is 10.5. The molecule has 0 amide bonds. The fourth-order valence-corrected chi connectivity index (χ4v) is 7.58. The summed E-state index contributed by atoms with van der Waals surface area (Å²) in [6, 6.07) is -0.826. The Hall–Kier alpha value is -0.930. The van der Waals surface area contributed by atoms with Gasteiger partial charge in [-0.15, -0.1) is 0 Å². The van der Waals surface area contributed by atoms with Crippen molar-refractivity contribution >= 4 is 5.97 Å². The summed E-state index contributed by atoms with van der Waals surface area (Å²) in [5.41, 5.74) is -5.13. The molecule has 2 saturated heterocycles. The number of nitrogens with zero attached hydrogens (tertiary/aromatic N) is 2. The molecule has 12 heteroatoms. The predicted octanol–water partition coefficient (Wildman–Crippen LogP) is 1.35. The third kappa shape index (κ3) is 9.61. The van der Waals surface area contributed by atoms with E-state index in [1.165, 1.54) is 6.92 Å². The molecule has 14 atom stereocenters. The lowest BCUT2D eigenvalue weighted by molar-refractivity contribution is -0.305. The number of ether oxygens (including phenoxy) is 3. The van der Waals surface area contributed by atoms with Crippen LogP contribution in [0.3, 0.4) is 0 Å². The van der Waals surface area contributed by atoms with Gasteiger partial charge in [-0.2, -0.15) is 0 Å². The van der Waals surface area contributed by atoms with Crippen LogP contribution in [-0.2, 0) is 19.0 Å². The maximum Gasteiger partial charge on any atom is 0.312 e. The summed E-state index contributed by atoms with van der Waals surface area (Å²) in [5, 5.41) is 62.3. The predicted molar refractivity (Wildman–Crippen MR) is 177 cm³/mol. The van der Waals surface area contributed by atoms with E-state index in [-0.39, 0.29) is 37.5 Å². The van der Waals surface area contributed by atoms with E-state index in [0.29, 0.717) is 19.5 Å². The first-order valence-electron chi connectivity index (χ1n) is 17.3. The molecule has 12 nitrogen and oxygen atoms in total. The van der Waals surface area contributed by atoms with Gasteiger partial charge in [-0.05, 0) is 100 Å². The Labute approximate surface area is 277 Å². The molecule has 0 saturated carbocycles. The van der Waals surface area contributed by atoms with Crippen LogP contribution in [0.1, 0.15) is 88.0 Å². The van der Waals surface area contributed by atoms with Crippen LogP contribution < -0.4 is 5.32 Å². The molecule has 2 heterocycles. The van der Waals surface area contributed by atoms with Gasteiger partial charge >= 0.3 is 5.97 Å². The SMILES string of the molecule is CCCN(C)C[C@]1(O)C(C)C(=O)O[C@H](CC)[C@@](C)(O)[C@H](O)[C@@H](C)NC[C@H](C)C[C@](C)(O)[C@H](O[C@@H]2O[C@H](C)C[C@H](N(C)C)[C@H]2O)[C@H]1C. The highest BCUT2D eigenvalue weighted by Gasteiger charge is 2.55. The van der Waals surface area contributed by atoms with Gasteiger partial charge in [-0.25, -0.2) is 0 Å². The molecule has 2 fully saturated rings. The van der Waals surface area contributed by atoms with E-state index in [2.05, 4.69) is 5.32 Å². The van der Waals surface area contributed by atoms with Crippen molar-refractivity contribution < 1.29 is 44.5 Å². The molecule has 46 heavy (non-hydrogen) atoms. The van der Waals surface area contributed by atoms with Gasteiger partial charge in [-0.1, -0.05) is 27.7 Å². The van der Waals surface area contributed by atoms with Crippen molar-refractivity contribution in [3.05, 3.63) is 0 Å². The fourth-order valence-electron chi connectivity index (χ4n) is 7.58. The van der Waals surface area contributed by atoms with Gasteiger partial charge in [0.15, 0.2) is 6.29 Å². The maximum absolute atomic E-state index is 13.9. The van der Waals surface area contributed by atoms with Crippen LogP contribution in [0.25, 0.3) is 0 Å². The summed E-state index contributed by atoms with van der Waals surface area (Å²) in [5.74, 6) is -2.88. The highest BCUT2D eigenvalue weighted by atomic mass is 16.7. The topological polar surface area (TPSA) is 164 Å². The van der Waals surface area contributed by atoms with Gasteiger partial charge in [0.1, 0.15) is 23.9 Å². The normalized spacial score (nSPS) is 45.7. The lowest BCUT2D eigenvalue weighted by Crippen LogP contribution is -2.64. The number of esters is 1. The third-order valence-corrected chi connectivity index (χ3v) is 10.5. The summed E-state index contributed by atoms with van der Waals surface area (Å²) in [6.45, 7) is 17.0. The van der Waals surface area contributed by atoms with Gasteiger partial charge in [0, 0.05) is 24.5 Å². The molecule has 0 radical (unpaired) electrons. The van der Waals surface area contributed by atoms with Crippen LogP contribution in [0.2, 0.25) is 0 Å². The Bertz CT molecular complexity index is 953. The number of cyclic esters (lactones) is 1. The summed E-state index contributed by atoms with van der Waals surface area (Å²) >= 11 is 0. The molecule has 2 aliphatic rings. The molecular weight excluding hydrogens is 594 g/mol. The molecular formula is C34H67N3O9. The Morgan fingerprint density at radius 3 is 2.17 bits per heavy atom. The zero-order valence-corrected chi connectivity index (χ0v) is 30.6. The average molecular weight is 662 g/mol. The van der Waals surface area contributed by atoms with Crippen LogP contribution in [-0.4, -0.2) is 148 Å². The van der Waals surface area contributed by atoms with Crippen molar-refractivity contribution in [3.63, 3.8) is 0 Å². The first-order chi connectivity index (χ1) is 21.1. The molecule has 272 valence electrons. The Balaban J connectivity index is 2.72. The number of aliphatic hydroxyl groups is 5. The van der Waals surface area contributed by atoms with Crippen molar-refractivity contribution in [3.8, 4) is 0 Å². The van der Waals surface area contributed by atoms with E-state index in [4.69, 9.17) is 14.2 Å². The van der Waals surface area contributed by atoms with Gasteiger partial charge in [0.2, 0.25) is 0 Å². The van der Waals surface area contributed by atoms with E-state index in [0.717, 1.165) is 6.42 Å². The van der Waals surface area contributed by atoms with Gasteiger partial charge < -0.3 is 54.9 Å². The maximum atomic E-state index is 13.9. The first-order valence-corrected chi connectivity index (χ1v) is 17.3. The standard InChI is InChI=1S/C34H67N3O9/c1-13-15-37(12)19-34(43)22(5)29(46-31-27(38)25(36(10)11)16-21(4)44-31)32(8,41)17-20(3)18-35-24(7)28(39)33(9,42)26(14-2)45-30(40)23(34)6/h20-29,31,35,38-39,41-43H,13-19H2,1-12H3/t20-,21-,22-,23?,24-,25+,26-,27-,28-,29-,31+,32+,33-,34-/m1/s1. The minimum absolute atomic E-state index is 0.0585. The number of rotatable bonds is 8. The minimum Gasteiger partial charge on any atom is -0.459 e. The Morgan fingerprint density at radius 2 is 1.63 bits per heavy atom. The van der Waals surface area contributed by atoms with Crippen molar-refractivity contribution in [1.82, 2.24) is 15.1 Å². The van der Waals surface area contributed by atoms with Crippen LogP contribution in [0.4, 0.5) is 0 Å². The molecule has 0 spiro atoms. The second-order valence-corrected chi connectivity index (χ2v) is 15.2. The van der Waals surface area contributed by atoms with Crippen molar-refractivity contribution in [2.45, 2.75) is 154 Å².